The highest BCUT2D eigenvalue weighted by atomic mass is 19.4. The zero-order chi connectivity index (χ0) is 47.5. The molecule has 8 aromatic carbocycles. The van der Waals surface area contributed by atoms with Crippen LogP contribution in [0.3, 0.4) is 0 Å². The van der Waals surface area contributed by atoms with Gasteiger partial charge in [-0.2, -0.15) is 23.7 Å². The number of pyridine rings is 2. The highest BCUT2D eigenvalue weighted by Crippen LogP contribution is 2.46. The lowest BCUT2D eigenvalue weighted by molar-refractivity contribution is -0.137. The summed E-state index contributed by atoms with van der Waals surface area (Å²) in [6.45, 7) is 0. The number of para-hydroxylation sites is 2. The van der Waals surface area contributed by atoms with Gasteiger partial charge in [-0.25, -0.2) is 0 Å². The quantitative estimate of drug-likeness (QED) is 0.159. The van der Waals surface area contributed by atoms with Gasteiger partial charge < -0.3 is 9.13 Å². The Morgan fingerprint density at radius 3 is 1.34 bits per heavy atom. The third kappa shape index (κ3) is 6.96. The summed E-state index contributed by atoms with van der Waals surface area (Å²) in [5, 5.41) is 25.4. The Bertz CT molecular complexity index is 4100. The molecule has 0 aliphatic carbocycles. The second-order valence-corrected chi connectivity index (χ2v) is 17.1. The molecule has 0 radical (unpaired) electrons. The summed E-state index contributed by atoms with van der Waals surface area (Å²) < 4.78 is 50.3. The van der Waals surface area contributed by atoms with Crippen LogP contribution in [0.5, 0.6) is 0 Å². The summed E-state index contributed by atoms with van der Waals surface area (Å²) in [5.41, 5.74) is 9.51. The van der Waals surface area contributed by atoms with Gasteiger partial charge in [-0.1, -0.05) is 140 Å². The first-order valence-corrected chi connectivity index (χ1v) is 22.6. The number of benzene rings is 8. The largest absolute Gasteiger partial charge is 0.417 e. The zero-order valence-corrected chi connectivity index (χ0v) is 37.0. The Labute approximate surface area is 399 Å². The van der Waals surface area contributed by atoms with E-state index in [1.54, 1.807) is 12.1 Å². The van der Waals surface area contributed by atoms with Crippen molar-refractivity contribution in [1.29, 1.82) is 10.5 Å². The molecule has 0 saturated carbocycles. The van der Waals surface area contributed by atoms with Crippen LogP contribution in [0, 0.1) is 22.7 Å². The van der Waals surface area contributed by atoms with Crippen LogP contribution in [0.2, 0.25) is 0 Å². The summed E-state index contributed by atoms with van der Waals surface area (Å²) in [5.74, 6) is 0. The van der Waals surface area contributed by atoms with Gasteiger partial charge in [0, 0.05) is 67.3 Å². The van der Waals surface area contributed by atoms with E-state index in [9.17, 15) is 10.5 Å². The minimum absolute atomic E-state index is 0.128. The van der Waals surface area contributed by atoms with Gasteiger partial charge in [0.05, 0.1) is 67.6 Å². The molecule has 0 fully saturated rings. The van der Waals surface area contributed by atoms with Gasteiger partial charge >= 0.3 is 6.18 Å². The molecule has 0 spiro atoms. The van der Waals surface area contributed by atoms with Crippen molar-refractivity contribution in [2.24, 2.45) is 0 Å². The van der Waals surface area contributed by atoms with Crippen molar-refractivity contribution in [2.75, 3.05) is 0 Å². The van der Waals surface area contributed by atoms with Crippen LogP contribution in [-0.4, -0.2) is 19.1 Å². The van der Waals surface area contributed by atoms with Crippen molar-refractivity contribution in [1.82, 2.24) is 19.1 Å². The van der Waals surface area contributed by atoms with Crippen molar-refractivity contribution in [2.45, 2.75) is 6.18 Å². The molecule has 4 aromatic heterocycles. The Kier molecular flexibility index (Phi) is 9.94. The van der Waals surface area contributed by atoms with E-state index in [4.69, 9.17) is 9.97 Å². The number of hydrogen-bond donors (Lipinski definition) is 0. The van der Waals surface area contributed by atoms with E-state index < -0.39 is 11.7 Å². The fourth-order valence-corrected chi connectivity index (χ4v) is 9.92. The number of hydrogen-bond acceptors (Lipinski definition) is 4. The van der Waals surface area contributed by atoms with Crippen LogP contribution in [0.15, 0.2) is 213 Å². The molecule has 330 valence electrons. The van der Waals surface area contributed by atoms with Gasteiger partial charge in [-0.05, 0) is 71.8 Å². The van der Waals surface area contributed by atoms with E-state index in [1.165, 1.54) is 12.1 Å². The molecule has 4 heterocycles. The van der Waals surface area contributed by atoms with Crippen molar-refractivity contribution in [3.05, 3.63) is 229 Å². The third-order valence-corrected chi connectivity index (χ3v) is 13.2. The molecule has 0 unspecified atom stereocenters. The maximum atomic E-state index is 15.5. The summed E-state index contributed by atoms with van der Waals surface area (Å²) >= 11 is 0. The molecule has 70 heavy (non-hydrogen) atoms. The monoisotopic (exact) mass is 908 g/mol. The van der Waals surface area contributed by atoms with Crippen molar-refractivity contribution in [3.63, 3.8) is 0 Å². The number of fused-ring (bicyclic) bond motifs is 6. The van der Waals surface area contributed by atoms with E-state index in [1.807, 2.05) is 191 Å². The maximum absolute atomic E-state index is 15.5. The number of halogens is 3. The lowest BCUT2D eigenvalue weighted by atomic mass is 9.91. The van der Waals surface area contributed by atoms with E-state index >= 15 is 13.2 Å². The Morgan fingerprint density at radius 2 is 0.857 bits per heavy atom. The predicted molar refractivity (Wildman–Crippen MR) is 272 cm³/mol. The van der Waals surface area contributed by atoms with Gasteiger partial charge in [0.2, 0.25) is 0 Å². The topological polar surface area (TPSA) is 83.2 Å². The molecular weight excluding hydrogens is 874 g/mol. The normalized spacial score (nSPS) is 11.6. The van der Waals surface area contributed by atoms with Crippen molar-refractivity contribution >= 4 is 43.6 Å². The summed E-state index contributed by atoms with van der Waals surface area (Å²) in [7, 11) is 0. The number of rotatable bonds is 7. The summed E-state index contributed by atoms with van der Waals surface area (Å²) in [4.78, 5) is 9.57. The molecule has 0 N–H and O–H groups in total. The second kappa shape index (κ2) is 16.6. The van der Waals surface area contributed by atoms with Crippen LogP contribution in [0.25, 0.3) is 111 Å². The minimum atomic E-state index is -4.84. The summed E-state index contributed by atoms with van der Waals surface area (Å²) in [6, 6.07) is 66.9. The zero-order valence-electron chi connectivity index (χ0n) is 37.0. The SMILES string of the molecule is N#Cc1cc(-n2c3ccccc3c3ccc(-c4ccc(-c5ccccc5)nc4)cc32)c(-c2c(C#N)cccc2C(F)(F)F)cc1-n1c2ccccc2c2ccc(-c3ccc(-c4ccccc4)nc3)cc21. The van der Waals surface area contributed by atoms with Gasteiger partial charge in [0.1, 0.15) is 6.07 Å². The third-order valence-electron chi connectivity index (χ3n) is 13.2. The Hall–Kier alpha value is -9.57. The minimum Gasteiger partial charge on any atom is -0.309 e. The number of alkyl halides is 3. The van der Waals surface area contributed by atoms with E-state index in [0.29, 0.717) is 22.4 Å². The van der Waals surface area contributed by atoms with Crippen LogP contribution in [-0.2, 0) is 6.18 Å². The fourth-order valence-electron chi connectivity index (χ4n) is 9.92. The average molecular weight is 909 g/mol. The second-order valence-electron chi connectivity index (χ2n) is 17.1. The molecule has 12 rings (SSSR count). The lowest BCUT2D eigenvalue weighted by Crippen LogP contribution is -2.11. The Morgan fingerprint density at radius 1 is 0.386 bits per heavy atom. The van der Waals surface area contributed by atoms with E-state index in [2.05, 4.69) is 12.1 Å². The maximum Gasteiger partial charge on any atom is 0.417 e. The predicted octanol–water partition coefficient (Wildman–Crippen LogP) is 15.8. The molecule has 0 aliphatic rings. The smallest absolute Gasteiger partial charge is 0.309 e. The van der Waals surface area contributed by atoms with Crippen molar-refractivity contribution in [3.8, 4) is 79.4 Å². The Balaban J connectivity index is 1.13. The van der Waals surface area contributed by atoms with Gasteiger partial charge in [0.25, 0.3) is 0 Å². The molecule has 0 bridgehead atoms. The van der Waals surface area contributed by atoms with E-state index in [0.717, 1.165) is 83.4 Å². The standard InChI is InChI=1S/C61H35F3N6/c62-61(63,64)51-19-11-16-42(34-65)60(51)50-33-56(69-54-20-9-7-17-46(54)48-26-22-40(30-57(48)69)43-24-28-52(67-36-43)38-12-3-1-4-13-38)45(35-66)32-59(50)70-55-21-10-8-18-47(55)49-27-23-41(31-58(49)70)44-25-29-53(68-37-44)39-14-5-2-6-15-39/h1-33,36-37H. The molecule has 0 saturated heterocycles. The average Bonchev–Trinajstić information content (AvgIpc) is 3.92. The van der Waals surface area contributed by atoms with Crippen LogP contribution >= 0.6 is 0 Å². The molecule has 6 nitrogen and oxygen atoms in total. The van der Waals surface area contributed by atoms with Crippen LogP contribution in [0.1, 0.15) is 16.7 Å². The van der Waals surface area contributed by atoms with Crippen LogP contribution in [0.4, 0.5) is 13.2 Å². The number of nitrogens with zero attached hydrogens (tertiary/aromatic N) is 6. The highest BCUT2D eigenvalue weighted by molar-refractivity contribution is 6.12. The van der Waals surface area contributed by atoms with Crippen molar-refractivity contribution < 1.29 is 13.2 Å². The lowest BCUT2D eigenvalue weighted by Gasteiger charge is -2.22. The molecule has 0 aliphatic heterocycles. The first kappa shape index (κ1) is 41.8. The molecule has 0 amide bonds. The molecule has 0 atom stereocenters. The number of aromatic nitrogens is 4. The fraction of sp³-hybridized carbons (Fsp3) is 0.0164. The molecular formula is C61H35F3N6. The van der Waals surface area contributed by atoms with Gasteiger partial charge in [0.15, 0.2) is 0 Å². The highest BCUT2D eigenvalue weighted by Gasteiger charge is 2.36. The molecule has 9 heteroatoms. The van der Waals surface area contributed by atoms with Gasteiger partial charge in [-0.3, -0.25) is 9.97 Å². The number of nitriles is 2. The first-order chi connectivity index (χ1) is 34.3. The molecule has 12 aromatic rings. The first-order valence-electron chi connectivity index (χ1n) is 22.6. The summed E-state index contributed by atoms with van der Waals surface area (Å²) in [6.07, 6.45) is -1.20. The van der Waals surface area contributed by atoms with E-state index in [-0.39, 0.29) is 22.3 Å². The van der Waals surface area contributed by atoms with Crippen LogP contribution < -0.4 is 0 Å². The van der Waals surface area contributed by atoms with Gasteiger partial charge in [-0.15, -0.1) is 0 Å².